The van der Waals surface area contributed by atoms with Crippen molar-refractivity contribution in [3.05, 3.63) is 42.5 Å². The summed E-state index contributed by atoms with van der Waals surface area (Å²) in [6.07, 6.45) is 3.81. The van der Waals surface area contributed by atoms with Crippen LogP contribution in [0.1, 0.15) is 32.5 Å². The van der Waals surface area contributed by atoms with E-state index in [9.17, 15) is 0 Å². The van der Waals surface area contributed by atoms with E-state index in [1.165, 1.54) is 0 Å². The van der Waals surface area contributed by atoms with Gasteiger partial charge in [-0.05, 0) is 38.8 Å². The first-order valence-electron chi connectivity index (χ1n) is 8.89. The second kappa shape index (κ2) is 13.5. The molecular formula is C18H29IN6O. The van der Waals surface area contributed by atoms with Crippen LogP contribution in [0, 0.1) is 0 Å². The summed E-state index contributed by atoms with van der Waals surface area (Å²) in [5, 5.41) is 14.8. The Morgan fingerprint density at radius 2 is 1.96 bits per heavy atom. The Morgan fingerprint density at radius 3 is 2.69 bits per heavy atom. The average Bonchev–Trinajstić information content (AvgIpc) is 3.12. The van der Waals surface area contributed by atoms with E-state index >= 15 is 0 Å². The number of hydrogen-bond acceptors (Lipinski definition) is 4. The maximum absolute atomic E-state index is 5.35. The van der Waals surface area contributed by atoms with Crippen LogP contribution in [0.5, 0.6) is 0 Å². The number of hydrogen-bond donors (Lipinski definition) is 2. The third-order valence-corrected chi connectivity index (χ3v) is 3.59. The zero-order valence-electron chi connectivity index (χ0n) is 15.5. The summed E-state index contributed by atoms with van der Waals surface area (Å²) in [4.78, 5) is 4.62. The van der Waals surface area contributed by atoms with E-state index in [0.29, 0.717) is 6.54 Å². The van der Waals surface area contributed by atoms with Gasteiger partial charge < -0.3 is 15.4 Å². The van der Waals surface area contributed by atoms with Crippen LogP contribution >= 0.6 is 24.0 Å². The standard InChI is InChI=1S/C18H28N6O.HI/c1-3-19-18(20-12-8-9-13-25-4-2)21-14-17-23-22-15-24(17)16-10-6-5-7-11-16;/h5-7,10-11,15H,3-4,8-9,12-14H2,1-2H3,(H2,19,20,21);1H. The summed E-state index contributed by atoms with van der Waals surface area (Å²) in [6, 6.07) is 10.0. The molecule has 1 heterocycles. The molecule has 0 fully saturated rings. The number of nitrogens with zero attached hydrogens (tertiary/aromatic N) is 4. The number of aliphatic imine (C=N–C) groups is 1. The van der Waals surface area contributed by atoms with E-state index in [2.05, 4.69) is 32.7 Å². The summed E-state index contributed by atoms with van der Waals surface area (Å²) in [5.74, 6) is 1.60. The molecule has 8 heteroatoms. The Hall–Kier alpha value is -1.68. The lowest BCUT2D eigenvalue weighted by Crippen LogP contribution is -2.37. The highest BCUT2D eigenvalue weighted by Crippen LogP contribution is 2.09. The quantitative estimate of drug-likeness (QED) is 0.241. The van der Waals surface area contributed by atoms with Gasteiger partial charge in [0.1, 0.15) is 12.9 Å². The van der Waals surface area contributed by atoms with Crippen molar-refractivity contribution < 1.29 is 4.74 Å². The van der Waals surface area contributed by atoms with Gasteiger partial charge >= 0.3 is 0 Å². The summed E-state index contributed by atoms with van der Waals surface area (Å²) < 4.78 is 7.30. The molecule has 1 aromatic heterocycles. The van der Waals surface area contributed by atoms with Crippen molar-refractivity contribution in [2.75, 3.05) is 26.3 Å². The Balaban J connectivity index is 0.00000338. The molecule has 0 aliphatic heterocycles. The van der Waals surface area contributed by atoms with Crippen LogP contribution in [0.3, 0.4) is 0 Å². The van der Waals surface area contributed by atoms with Gasteiger partial charge in [0.15, 0.2) is 11.8 Å². The van der Waals surface area contributed by atoms with Gasteiger partial charge in [-0.3, -0.25) is 4.57 Å². The molecule has 0 saturated heterocycles. The first kappa shape index (κ1) is 22.4. The highest BCUT2D eigenvalue weighted by molar-refractivity contribution is 14.0. The first-order valence-corrected chi connectivity index (χ1v) is 8.89. The summed E-state index contributed by atoms with van der Waals surface area (Å²) >= 11 is 0. The predicted octanol–water partition coefficient (Wildman–Crippen LogP) is 2.76. The molecule has 0 amide bonds. The molecule has 2 aromatic rings. The van der Waals surface area contributed by atoms with Gasteiger partial charge in [0, 0.05) is 32.0 Å². The summed E-state index contributed by atoms with van der Waals surface area (Å²) in [6.45, 7) is 7.80. The zero-order chi connectivity index (χ0) is 17.7. The van der Waals surface area contributed by atoms with Crippen molar-refractivity contribution in [1.82, 2.24) is 25.4 Å². The van der Waals surface area contributed by atoms with Crippen LogP contribution in [-0.2, 0) is 11.3 Å². The molecule has 0 unspecified atom stereocenters. The molecule has 0 atom stereocenters. The van der Waals surface area contributed by atoms with Gasteiger partial charge in [-0.1, -0.05) is 18.2 Å². The van der Waals surface area contributed by atoms with Gasteiger partial charge in [-0.2, -0.15) is 0 Å². The predicted molar refractivity (Wildman–Crippen MR) is 115 cm³/mol. The molecule has 0 saturated carbocycles. The first-order chi connectivity index (χ1) is 12.3. The topological polar surface area (TPSA) is 76.4 Å². The summed E-state index contributed by atoms with van der Waals surface area (Å²) in [7, 11) is 0. The van der Waals surface area contributed by atoms with Crippen molar-refractivity contribution in [3.63, 3.8) is 0 Å². The molecule has 7 nitrogen and oxygen atoms in total. The van der Waals surface area contributed by atoms with Gasteiger partial charge in [0.2, 0.25) is 0 Å². The lowest BCUT2D eigenvalue weighted by atomic mass is 10.3. The number of para-hydroxylation sites is 1. The largest absolute Gasteiger partial charge is 0.382 e. The second-order valence-corrected chi connectivity index (χ2v) is 5.48. The number of halogens is 1. The minimum absolute atomic E-state index is 0. The minimum Gasteiger partial charge on any atom is -0.382 e. The molecule has 0 aliphatic carbocycles. The van der Waals surface area contributed by atoms with E-state index in [1.807, 2.05) is 41.8 Å². The van der Waals surface area contributed by atoms with E-state index in [0.717, 1.165) is 56.6 Å². The molecule has 1 aromatic carbocycles. The highest BCUT2D eigenvalue weighted by atomic mass is 127. The molecule has 26 heavy (non-hydrogen) atoms. The SMILES string of the molecule is CCNC(=NCc1nncn1-c1ccccc1)NCCCCOCC.I. The Kier molecular flexibility index (Phi) is 11.6. The maximum Gasteiger partial charge on any atom is 0.191 e. The van der Waals surface area contributed by atoms with E-state index in [4.69, 9.17) is 4.74 Å². The third-order valence-electron chi connectivity index (χ3n) is 3.59. The Labute approximate surface area is 172 Å². The molecule has 0 aliphatic rings. The minimum atomic E-state index is 0. The average molecular weight is 472 g/mol. The zero-order valence-corrected chi connectivity index (χ0v) is 17.8. The summed E-state index contributed by atoms with van der Waals surface area (Å²) in [5.41, 5.74) is 1.03. The normalized spacial score (nSPS) is 11.1. The monoisotopic (exact) mass is 472 g/mol. The number of guanidine groups is 1. The van der Waals surface area contributed by atoms with Crippen molar-refractivity contribution >= 4 is 29.9 Å². The van der Waals surface area contributed by atoms with Crippen molar-refractivity contribution in [2.45, 2.75) is 33.2 Å². The van der Waals surface area contributed by atoms with Gasteiger partial charge in [0.25, 0.3) is 0 Å². The molecule has 2 rings (SSSR count). The van der Waals surface area contributed by atoms with E-state index in [-0.39, 0.29) is 24.0 Å². The van der Waals surface area contributed by atoms with Crippen molar-refractivity contribution in [2.24, 2.45) is 4.99 Å². The van der Waals surface area contributed by atoms with Crippen LogP contribution in [0.2, 0.25) is 0 Å². The fourth-order valence-corrected chi connectivity index (χ4v) is 2.34. The van der Waals surface area contributed by atoms with E-state index in [1.54, 1.807) is 6.33 Å². The molecule has 0 bridgehead atoms. The maximum atomic E-state index is 5.35. The fraction of sp³-hybridized carbons (Fsp3) is 0.500. The number of benzene rings is 1. The van der Waals surface area contributed by atoms with E-state index < -0.39 is 0 Å². The smallest absolute Gasteiger partial charge is 0.191 e. The highest BCUT2D eigenvalue weighted by Gasteiger charge is 2.06. The number of nitrogens with one attached hydrogen (secondary N) is 2. The lowest BCUT2D eigenvalue weighted by molar-refractivity contribution is 0.143. The molecule has 144 valence electrons. The van der Waals surface area contributed by atoms with Crippen molar-refractivity contribution in [3.8, 4) is 5.69 Å². The van der Waals surface area contributed by atoms with Crippen molar-refractivity contribution in [1.29, 1.82) is 0 Å². The fourth-order valence-electron chi connectivity index (χ4n) is 2.34. The number of ether oxygens (including phenoxy) is 1. The Bertz CT molecular complexity index is 632. The second-order valence-electron chi connectivity index (χ2n) is 5.48. The Morgan fingerprint density at radius 1 is 1.15 bits per heavy atom. The van der Waals surface area contributed by atoms with Gasteiger partial charge in [-0.15, -0.1) is 34.2 Å². The van der Waals surface area contributed by atoms with Crippen LogP contribution in [-0.4, -0.2) is 47.0 Å². The van der Waals surface area contributed by atoms with Crippen LogP contribution < -0.4 is 10.6 Å². The van der Waals surface area contributed by atoms with Gasteiger partial charge in [0.05, 0.1) is 0 Å². The van der Waals surface area contributed by atoms with Crippen LogP contribution in [0.4, 0.5) is 0 Å². The molecule has 2 N–H and O–H groups in total. The lowest BCUT2D eigenvalue weighted by Gasteiger charge is -2.11. The number of aromatic nitrogens is 3. The number of rotatable bonds is 10. The van der Waals surface area contributed by atoms with Gasteiger partial charge in [-0.25, -0.2) is 4.99 Å². The van der Waals surface area contributed by atoms with Crippen LogP contribution in [0.25, 0.3) is 5.69 Å². The number of unbranched alkanes of at least 4 members (excludes halogenated alkanes) is 1. The van der Waals surface area contributed by atoms with Crippen LogP contribution in [0.15, 0.2) is 41.7 Å². The third kappa shape index (κ3) is 7.69. The molecule has 0 spiro atoms. The molecular weight excluding hydrogens is 443 g/mol. The molecule has 0 radical (unpaired) electrons.